The second-order valence-corrected chi connectivity index (χ2v) is 4.23. The molecule has 6 heteroatoms. The van der Waals surface area contributed by atoms with Gasteiger partial charge >= 0.3 is 5.97 Å². The Morgan fingerprint density at radius 1 is 1.42 bits per heavy atom. The number of aromatic nitrogens is 1. The van der Waals surface area contributed by atoms with Gasteiger partial charge in [-0.15, -0.1) is 0 Å². The Morgan fingerprint density at radius 3 is 2.84 bits per heavy atom. The van der Waals surface area contributed by atoms with Crippen LogP contribution >= 0.6 is 0 Å². The van der Waals surface area contributed by atoms with Crippen molar-refractivity contribution in [3.63, 3.8) is 0 Å². The maximum atomic E-state index is 12.1. The Bertz CT molecular complexity index is 633. The molecule has 0 bridgehead atoms. The van der Waals surface area contributed by atoms with E-state index in [2.05, 4.69) is 15.0 Å². The van der Waals surface area contributed by atoms with E-state index in [1.807, 2.05) is 0 Å². The fourth-order valence-corrected chi connectivity index (χ4v) is 1.84. The van der Waals surface area contributed by atoms with Crippen LogP contribution in [0.5, 0.6) is 0 Å². The van der Waals surface area contributed by atoms with Crippen molar-refractivity contribution in [1.29, 1.82) is 0 Å². The number of carbonyl (C=O) groups excluding carboxylic acids is 2. The minimum Gasteiger partial charge on any atom is -0.467 e. The standard InChI is InChI=1S/C13H15N3O3/c1-7(13(18)19-2)16-12(17)10-6-15-11-5-8(14)3-4-9(10)11/h3-7,15H,14H2,1-2H3,(H,16,17). The van der Waals surface area contributed by atoms with Crippen molar-refractivity contribution in [1.82, 2.24) is 10.3 Å². The van der Waals surface area contributed by atoms with Crippen molar-refractivity contribution in [3.05, 3.63) is 30.0 Å². The zero-order valence-electron chi connectivity index (χ0n) is 10.7. The molecule has 1 amide bonds. The molecule has 0 saturated carbocycles. The SMILES string of the molecule is COC(=O)C(C)NC(=O)c1c[nH]c2cc(N)ccc12. The molecule has 0 aliphatic heterocycles. The number of hydrogen-bond donors (Lipinski definition) is 3. The number of nitrogen functional groups attached to an aromatic ring is 1. The molecule has 0 spiro atoms. The summed E-state index contributed by atoms with van der Waals surface area (Å²) in [6.07, 6.45) is 1.59. The van der Waals surface area contributed by atoms with Gasteiger partial charge in [0.1, 0.15) is 6.04 Å². The number of hydrogen-bond acceptors (Lipinski definition) is 4. The van der Waals surface area contributed by atoms with E-state index in [0.717, 1.165) is 10.9 Å². The number of nitrogens with one attached hydrogen (secondary N) is 2. The average Bonchev–Trinajstić information content (AvgIpc) is 2.80. The third-order valence-corrected chi connectivity index (χ3v) is 2.85. The van der Waals surface area contributed by atoms with Gasteiger partial charge in [-0.25, -0.2) is 4.79 Å². The topological polar surface area (TPSA) is 97.2 Å². The number of fused-ring (bicyclic) bond motifs is 1. The smallest absolute Gasteiger partial charge is 0.328 e. The van der Waals surface area contributed by atoms with Crippen LogP contribution in [-0.4, -0.2) is 30.0 Å². The number of rotatable bonds is 3. The Morgan fingerprint density at radius 2 is 2.16 bits per heavy atom. The van der Waals surface area contributed by atoms with Gasteiger partial charge in [-0.1, -0.05) is 0 Å². The Hall–Kier alpha value is -2.50. The summed E-state index contributed by atoms with van der Waals surface area (Å²) in [5.74, 6) is -0.827. The van der Waals surface area contributed by atoms with Crippen LogP contribution in [0.4, 0.5) is 5.69 Å². The van der Waals surface area contributed by atoms with E-state index < -0.39 is 12.0 Å². The van der Waals surface area contributed by atoms with Crippen molar-refractivity contribution >= 4 is 28.5 Å². The van der Waals surface area contributed by atoms with Crippen molar-refractivity contribution in [3.8, 4) is 0 Å². The van der Waals surface area contributed by atoms with Crippen LogP contribution in [-0.2, 0) is 9.53 Å². The van der Waals surface area contributed by atoms with Gasteiger partial charge in [0.05, 0.1) is 12.7 Å². The molecule has 100 valence electrons. The van der Waals surface area contributed by atoms with Crippen LogP contribution in [0.2, 0.25) is 0 Å². The number of H-pyrrole nitrogens is 1. The fraction of sp³-hybridized carbons (Fsp3) is 0.231. The maximum Gasteiger partial charge on any atom is 0.328 e. The Labute approximate surface area is 109 Å². The minimum atomic E-state index is -0.698. The van der Waals surface area contributed by atoms with E-state index in [0.29, 0.717) is 11.3 Å². The van der Waals surface area contributed by atoms with Crippen LogP contribution < -0.4 is 11.1 Å². The van der Waals surface area contributed by atoms with Gasteiger partial charge in [-0.05, 0) is 25.1 Å². The Balaban J connectivity index is 2.25. The highest BCUT2D eigenvalue weighted by Gasteiger charge is 2.19. The van der Waals surface area contributed by atoms with Crippen LogP contribution in [0.15, 0.2) is 24.4 Å². The molecule has 0 fully saturated rings. The summed E-state index contributed by atoms with van der Waals surface area (Å²) >= 11 is 0. The fourth-order valence-electron chi connectivity index (χ4n) is 1.84. The lowest BCUT2D eigenvalue weighted by atomic mass is 10.1. The molecule has 1 heterocycles. The van der Waals surface area contributed by atoms with Gasteiger partial charge in [-0.2, -0.15) is 0 Å². The molecule has 0 aliphatic carbocycles. The van der Waals surface area contributed by atoms with Crippen molar-refractivity contribution < 1.29 is 14.3 Å². The highest BCUT2D eigenvalue weighted by atomic mass is 16.5. The number of anilines is 1. The van der Waals surface area contributed by atoms with Crippen molar-refractivity contribution in [2.45, 2.75) is 13.0 Å². The van der Waals surface area contributed by atoms with E-state index in [1.165, 1.54) is 7.11 Å². The second-order valence-electron chi connectivity index (χ2n) is 4.23. The van der Waals surface area contributed by atoms with Gasteiger partial charge in [0, 0.05) is 22.8 Å². The van der Waals surface area contributed by atoms with Gasteiger partial charge in [-0.3, -0.25) is 4.79 Å². The minimum absolute atomic E-state index is 0.339. The first-order valence-electron chi connectivity index (χ1n) is 5.78. The first kappa shape index (κ1) is 12.9. The summed E-state index contributed by atoms with van der Waals surface area (Å²) in [6, 6.07) is 4.53. The molecule has 1 aromatic heterocycles. The summed E-state index contributed by atoms with van der Waals surface area (Å²) in [5, 5.41) is 3.33. The first-order chi connectivity index (χ1) is 9.02. The zero-order chi connectivity index (χ0) is 14.0. The zero-order valence-corrected chi connectivity index (χ0v) is 10.7. The highest BCUT2D eigenvalue weighted by molar-refractivity contribution is 6.08. The molecule has 0 saturated heterocycles. The van der Waals surface area contributed by atoms with Crippen LogP contribution in [0.25, 0.3) is 10.9 Å². The summed E-state index contributed by atoms with van der Waals surface area (Å²) < 4.78 is 4.56. The lowest BCUT2D eigenvalue weighted by molar-refractivity contribution is -0.142. The molecule has 0 aliphatic rings. The number of methoxy groups -OCH3 is 1. The number of aromatic amines is 1. The third kappa shape index (κ3) is 2.52. The number of esters is 1. The quantitative estimate of drug-likeness (QED) is 0.568. The number of ether oxygens (including phenoxy) is 1. The lowest BCUT2D eigenvalue weighted by Gasteiger charge is -2.10. The normalized spacial score (nSPS) is 12.1. The predicted molar refractivity (Wildman–Crippen MR) is 71.7 cm³/mol. The number of carbonyl (C=O) groups is 2. The van der Waals surface area contributed by atoms with Crippen LogP contribution in [0, 0.1) is 0 Å². The van der Waals surface area contributed by atoms with Gasteiger partial charge < -0.3 is 20.8 Å². The number of amides is 1. The van der Waals surface area contributed by atoms with E-state index in [-0.39, 0.29) is 5.91 Å². The molecule has 1 unspecified atom stereocenters. The molecule has 1 atom stereocenters. The first-order valence-corrected chi connectivity index (χ1v) is 5.78. The van der Waals surface area contributed by atoms with E-state index in [9.17, 15) is 9.59 Å². The van der Waals surface area contributed by atoms with Gasteiger partial charge in [0.25, 0.3) is 5.91 Å². The molecule has 6 nitrogen and oxygen atoms in total. The molecule has 2 rings (SSSR count). The summed E-state index contributed by atoms with van der Waals surface area (Å²) in [4.78, 5) is 26.3. The number of nitrogens with two attached hydrogens (primary N) is 1. The largest absolute Gasteiger partial charge is 0.467 e. The van der Waals surface area contributed by atoms with Gasteiger partial charge in [0.15, 0.2) is 0 Å². The van der Waals surface area contributed by atoms with E-state index in [4.69, 9.17) is 5.73 Å². The summed E-state index contributed by atoms with van der Waals surface area (Å²) in [5.41, 5.74) is 7.52. The second kappa shape index (κ2) is 5.01. The average molecular weight is 261 g/mol. The molecule has 0 radical (unpaired) electrons. The summed E-state index contributed by atoms with van der Waals surface area (Å²) in [6.45, 7) is 1.57. The van der Waals surface area contributed by atoms with Crippen molar-refractivity contribution in [2.75, 3.05) is 12.8 Å². The van der Waals surface area contributed by atoms with Crippen molar-refractivity contribution in [2.24, 2.45) is 0 Å². The number of benzene rings is 1. The van der Waals surface area contributed by atoms with Gasteiger partial charge in [0.2, 0.25) is 0 Å². The maximum absolute atomic E-state index is 12.1. The molecule has 1 aromatic carbocycles. The van der Waals surface area contributed by atoms with Crippen LogP contribution in [0.1, 0.15) is 17.3 Å². The van der Waals surface area contributed by atoms with Crippen LogP contribution in [0.3, 0.4) is 0 Å². The molecule has 2 aromatic rings. The van der Waals surface area contributed by atoms with E-state index in [1.54, 1.807) is 31.3 Å². The Kier molecular flexibility index (Phi) is 3.41. The monoisotopic (exact) mass is 261 g/mol. The predicted octanol–water partition coefficient (Wildman–Crippen LogP) is 1.04. The third-order valence-electron chi connectivity index (χ3n) is 2.85. The summed E-state index contributed by atoms with van der Waals surface area (Å²) in [7, 11) is 1.28. The molecule has 19 heavy (non-hydrogen) atoms. The van der Waals surface area contributed by atoms with E-state index >= 15 is 0 Å². The molecular formula is C13H15N3O3. The molecular weight excluding hydrogens is 246 g/mol. The lowest BCUT2D eigenvalue weighted by Crippen LogP contribution is -2.39. The highest BCUT2D eigenvalue weighted by Crippen LogP contribution is 2.20. The molecule has 4 N–H and O–H groups in total.